The molecular weight excluding hydrogens is 214 g/mol. The molecule has 0 aliphatic carbocycles. The molecule has 94 valence electrons. The van der Waals surface area contributed by atoms with Crippen LogP contribution in [0.3, 0.4) is 0 Å². The standard InChI is InChI=1S/C13H21N3O/c1-9-5-7-16(8-12(9)17)13-11(10(2)14)4-3-6-15-13/h3-4,6,9-10,12,17H,5,7-8,14H2,1-2H3/t9?,10-,12?/m1/s1. The Morgan fingerprint density at radius 1 is 1.59 bits per heavy atom. The minimum Gasteiger partial charge on any atom is -0.391 e. The Hall–Kier alpha value is -1.13. The smallest absolute Gasteiger partial charge is 0.133 e. The van der Waals surface area contributed by atoms with E-state index in [1.54, 1.807) is 6.20 Å². The zero-order chi connectivity index (χ0) is 12.4. The maximum Gasteiger partial charge on any atom is 0.133 e. The summed E-state index contributed by atoms with van der Waals surface area (Å²) in [6.45, 7) is 5.64. The number of anilines is 1. The largest absolute Gasteiger partial charge is 0.391 e. The van der Waals surface area contributed by atoms with Crippen LogP contribution < -0.4 is 10.6 Å². The summed E-state index contributed by atoms with van der Waals surface area (Å²) in [4.78, 5) is 6.56. The van der Waals surface area contributed by atoms with Crippen molar-refractivity contribution in [3.05, 3.63) is 23.9 Å². The van der Waals surface area contributed by atoms with Crippen LogP contribution in [0.5, 0.6) is 0 Å². The molecular formula is C13H21N3O. The zero-order valence-electron chi connectivity index (χ0n) is 10.5. The van der Waals surface area contributed by atoms with Crippen molar-refractivity contribution in [3.8, 4) is 0 Å². The summed E-state index contributed by atoms with van der Waals surface area (Å²) in [5.74, 6) is 1.29. The van der Waals surface area contributed by atoms with Crippen LogP contribution in [-0.2, 0) is 0 Å². The van der Waals surface area contributed by atoms with Crippen LogP contribution in [0.1, 0.15) is 31.9 Å². The van der Waals surface area contributed by atoms with Crippen LogP contribution in [0.2, 0.25) is 0 Å². The summed E-state index contributed by atoms with van der Waals surface area (Å²) in [5.41, 5.74) is 7.00. The van der Waals surface area contributed by atoms with Gasteiger partial charge in [-0.25, -0.2) is 4.98 Å². The molecule has 17 heavy (non-hydrogen) atoms. The van der Waals surface area contributed by atoms with Gasteiger partial charge in [-0.3, -0.25) is 0 Å². The molecule has 0 amide bonds. The molecule has 0 bridgehead atoms. The molecule has 3 N–H and O–H groups in total. The Labute approximate surface area is 102 Å². The first-order chi connectivity index (χ1) is 8.09. The summed E-state index contributed by atoms with van der Waals surface area (Å²) in [7, 11) is 0. The highest BCUT2D eigenvalue weighted by Crippen LogP contribution is 2.27. The van der Waals surface area contributed by atoms with Gasteiger partial charge in [0.25, 0.3) is 0 Å². The molecule has 1 aliphatic heterocycles. The third-order valence-corrected chi connectivity index (χ3v) is 3.53. The first-order valence-electron chi connectivity index (χ1n) is 6.23. The molecule has 1 aromatic heterocycles. The highest BCUT2D eigenvalue weighted by atomic mass is 16.3. The average Bonchev–Trinajstić information content (AvgIpc) is 2.32. The fourth-order valence-corrected chi connectivity index (χ4v) is 2.27. The van der Waals surface area contributed by atoms with E-state index in [9.17, 15) is 5.11 Å². The van der Waals surface area contributed by atoms with Gasteiger partial charge in [-0.15, -0.1) is 0 Å². The molecule has 3 atom stereocenters. The van der Waals surface area contributed by atoms with Crippen molar-refractivity contribution >= 4 is 5.82 Å². The van der Waals surface area contributed by atoms with E-state index < -0.39 is 0 Å². The van der Waals surface area contributed by atoms with Crippen LogP contribution in [-0.4, -0.2) is 29.3 Å². The molecule has 4 nitrogen and oxygen atoms in total. The molecule has 2 rings (SSSR count). The topological polar surface area (TPSA) is 62.4 Å². The van der Waals surface area contributed by atoms with E-state index in [0.717, 1.165) is 24.3 Å². The lowest BCUT2D eigenvalue weighted by Crippen LogP contribution is -2.43. The Kier molecular flexibility index (Phi) is 3.64. The van der Waals surface area contributed by atoms with Gasteiger partial charge >= 0.3 is 0 Å². The molecule has 0 saturated carbocycles. The van der Waals surface area contributed by atoms with Crippen molar-refractivity contribution in [3.63, 3.8) is 0 Å². The number of β-amino-alcohol motifs (C(OH)–C–C–N with tert-alkyl or cyclic N) is 1. The monoisotopic (exact) mass is 235 g/mol. The van der Waals surface area contributed by atoms with Crippen LogP contribution in [0, 0.1) is 5.92 Å². The lowest BCUT2D eigenvalue weighted by molar-refractivity contribution is 0.102. The van der Waals surface area contributed by atoms with Gasteiger partial charge in [0.15, 0.2) is 0 Å². The molecule has 1 aliphatic rings. The predicted molar refractivity (Wildman–Crippen MR) is 68.8 cm³/mol. The van der Waals surface area contributed by atoms with Crippen LogP contribution in [0.25, 0.3) is 0 Å². The van der Waals surface area contributed by atoms with Gasteiger partial charge in [-0.1, -0.05) is 13.0 Å². The van der Waals surface area contributed by atoms with Crippen molar-refractivity contribution in [2.24, 2.45) is 11.7 Å². The summed E-state index contributed by atoms with van der Waals surface area (Å²) in [6.07, 6.45) is 2.51. The van der Waals surface area contributed by atoms with E-state index >= 15 is 0 Å². The number of piperidine rings is 1. The molecule has 0 spiro atoms. The van der Waals surface area contributed by atoms with Gasteiger partial charge in [-0.05, 0) is 25.3 Å². The van der Waals surface area contributed by atoms with E-state index in [-0.39, 0.29) is 12.1 Å². The van der Waals surface area contributed by atoms with E-state index in [0.29, 0.717) is 12.5 Å². The molecule has 1 saturated heterocycles. The highest BCUT2D eigenvalue weighted by molar-refractivity contribution is 5.48. The maximum absolute atomic E-state index is 9.94. The second-order valence-corrected chi connectivity index (χ2v) is 4.98. The molecule has 2 heterocycles. The summed E-state index contributed by atoms with van der Waals surface area (Å²) >= 11 is 0. The number of nitrogens with two attached hydrogens (primary N) is 1. The quantitative estimate of drug-likeness (QED) is 0.811. The number of hydrogen-bond acceptors (Lipinski definition) is 4. The van der Waals surface area contributed by atoms with Gasteiger partial charge in [-0.2, -0.15) is 0 Å². The molecule has 1 fully saturated rings. The lowest BCUT2D eigenvalue weighted by Gasteiger charge is -2.36. The number of aromatic nitrogens is 1. The number of hydrogen-bond donors (Lipinski definition) is 2. The number of rotatable bonds is 2. The number of nitrogens with zero attached hydrogens (tertiary/aromatic N) is 2. The van der Waals surface area contributed by atoms with Crippen LogP contribution >= 0.6 is 0 Å². The Bertz CT molecular complexity index is 381. The Morgan fingerprint density at radius 2 is 2.35 bits per heavy atom. The van der Waals surface area contributed by atoms with Crippen molar-refractivity contribution in [1.29, 1.82) is 0 Å². The minimum atomic E-state index is -0.272. The van der Waals surface area contributed by atoms with Gasteiger partial charge < -0.3 is 15.7 Å². The molecule has 0 aromatic carbocycles. The van der Waals surface area contributed by atoms with Gasteiger partial charge in [0, 0.05) is 30.9 Å². The van der Waals surface area contributed by atoms with Crippen LogP contribution in [0.4, 0.5) is 5.82 Å². The Morgan fingerprint density at radius 3 is 3.00 bits per heavy atom. The third-order valence-electron chi connectivity index (χ3n) is 3.53. The molecule has 4 heteroatoms. The van der Waals surface area contributed by atoms with Gasteiger partial charge in [0.1, 0.15) is 5.82 Å². The van der Waals surface area contributed by atoms with Gasteiger partial charge in [0.2, 0.25) is 0 Å². The lowest BCUT2D eigenvalue weighted by atomic mass is 9.95. The van der Waals surface area contributed by atoms with E-state index in [2.05, 4.69) is 16.8 Å². The summed E-state index contributed by atoms with van der Waals surface area (Å²) < 4.78 is 0. The molecule has 0 radical (unpaired) electrons. The molecule has 1 aromatic rings. The average molecular weight is 235 g/mol. The maximum atomic E-state index is 9.94. The van der Waals surface area contributed by atoms with E-state index in [1.807, 2.05) is 19.1 Å². The zero-order valence-corrected chi connectivity index (χ0v) is 10.5. The van der Waals surface area contributed by atoms with Crippen molar-refractivity contribution in [2.75, 3.05) is 18.0 Å². The number of aliphatic hydroxyl groups is 1. The molecule has 2 unspecified atom stereocenters. The number of pyridine rings is 1. The second-order valence-electron chi connectivity index (χ2n) is 4.98. The number of aliphatic hydroxyl groups excluding tert-OH is 1. The normalized spacial score (nSPS) is 26.9. The second kappa shape index (κ2) is 5.02. The van der Waals surface area contributed by atoms with Crippen molar-refractivity contribution < 1.29 is 5.11 Å². The van der Waals surface area contributed by atoms with E-state index in [1.165, 1.54) is 0 Å². The first-order valence-corrected chi connectivity index (χ1v) is 6.23. The predicted octanol–water partition coefficient (Wildman–Crippen LogP) is 1.31. The summed E-state index contributed by atoms with van der Waals surface area (Å²) in [5, 5.41) is 9.94. The fraction of sp³-hybridized carbons (Fsp3) is 0.615. The van der Waals surface area contributed by atoms with Crippen LogP contribution in [0.15, 0.2) is 18.3 Å². The summed E-state index contributed by atoms with van der Waals surface area (Å²) in [6, 6.07) is 3.89. The van der Waals surface area contributed by atoms with Crippen molar-refractivity contribution in [1.82, 2.24) is 4.98 Å². The first kappa shape index (κ1) is 12.3. The Balaban J connectivity index is 2.22. The minimum absolute atomic E-state index is 0.0322. The van der Waals surface area contributed by atoms with Gasteiger partial charge in [0.05, 0.1) is 6.10 Å². The SMILES string of the molecule is CC1CCN(c2ncccc2[C@@H](C)N)CC1O. The highest BCUT2D eigenvalue weighted by Gasteiger charge is 2.26. The van der Waals surface area contributed by atoms with E-state index in [4.69, 9.17) is 5.73 Å². The van der Waals surface area contributed by atoms with Crippen molar-refractivity contribution in [2.45, 2.75) is 32.4 Å². The fourth-order valence-electron chi connectivity index (χ4n) is 2.27. The third kappa shape index (κ3) is 2.58.